The molecule has 1 aliphatic rings. The Morgan fingerprint density at radius 2 is 1.41 bits per heavy atom. The summed E-state index contributed by atoms with van der Waals surface area (Å²) >= 11 is 0. The molecule has 2 rings (SSSR count). The fourth-order valence-electron chi connectivity index (χ4n) is 3.68. The zero-order chi connectivity index (χ0) is 16.8. The van der Waals surface area contributed by atoms with Crippen LogP contribution in [-0.4, -0.2) is 14.2 Å². The van der Waals surface area contributed by atoms with Crippen LogP contribution in [0.4, 0.5) is 0 Å². The second kappa shape index (κ2) is 5.87. The van der Waals surface area contributed by atoms with Crippen molar-refractivity contribution in [1.82, 2.24) is 0 Å². The van der Waals surface area contributed by atoms with Crippen molar-refractivity contribution in [2.75, 3.05) is 0 Å². The SMILES string of the molecule is CC1=C(Cc2bc(C)c(C)c(C)c2C)C(C)=C(C)C(C)(C)[B]1. The van der Waals surface area contributed by atoms with Gasteiger partial charge in [-0.3, -0.25) is 0 Å². The Morgan fingerprint density at radius 3 is 2.00 bits per heavy atom. The summed E-state index contributed by atoms with van der Waals surface area (Å²) in [6, 6.07) is 0. The van der Waals surface area contributed by atoms with Crippen molar-refractivity contribution in [1.29, 1.82) is 0 Å². The predicted molar refractivity (Wildman–Crippen MR) is 101 cm³/mol. The van der Waals surface area contributed by atoms with Gasteiger partial charge >= 0.3 is 138 Å². The predicted octanol–water partition coefficient (Wildman–Crippen LogP) is 5.33. The molecular weight excluding hydrogens is 262 g/mol. The van der Waals surface area contributed by atoms with Gasteiger partial charge in [0.1, 0.15) is 0 Å². The van der Waals surface area contributed by atoms with Crippen LogP contribution in [0.15, 0.2) is 22.2 Å². The monoisotopic (exact) mass is 291 g/mol. The molecule has 115 valence electrons. The van der Waals surface area contributed by atoms with Gasteiger partial charge in [0.2, 0.25) is 0 Å². The van der Waals surface area contributed by atoms with Crippen LogP contribution in [0, 0.1) is 27.7 Å². The summed E-state index contributed by atoms with van der Waals surface area (Å²) in [5.41, 5.74) is 13.2. The van der Waals surface area contributed by atoms with Gasteiger partial charge in [0.05, 0.1) is 0 Å². The second-order valence-corrected chi connectivity index (χ2v) is 7.68. The zero-order valence-corrected chi connectivity index (χ0v) is 15.9. The summed E-state index contributed by atoms with van der Waals surface area (Å²) in [6.07, 6.45) is 1.05. The fraction of sp³-hybridized carbons (Fsp3) is 0.550. The van der Waals surface area contributed by atoms with Crippen molar-refractivity contribution < 1.29 is 0 Å². The molecule has 0 spiro atoms. The van der Waals surface area contributed by atoms with E-state index in [0.29, 0.717) is 0 Å². The van der Waals surface area contributed by atoms with Gasteiger partial charge in [-0.05, 0) is 0 Å². The van der Waals surface area contributed by atoms with E-state index >= 15 is 0 Å². The summed E-state index contributed by atoms with van der Waals surface area (Å²) in [5, 5.41) is 0.186. The summed E-state index contributed by atoms with van der Waals surface area (Å²) in [4.78, 5) is 0. The summed E-state index contributed by atoms with van der Waals surface area (Å²) < 4.78 is 0. The second-order valence-electron chi connectivity index (χ2n) is 7.68. The first kappa shape index (κ1) is 17.3. The van der Waals surface area contributed by atoms with Crippen molar-refractivity contribution in [3.63, 3.8) is 0 Å². The summed E-state index contributed by atoms with van der Waals surface area (Å²) in [5.74, 6) is 0. The third-order valence-electron chi connectivity index (χ3n) is 5.99. The molecule has 0 unspecified atom stereocenters. The van der Waals surface area contributed by atoms with Gasteiger partial charge < -0.3 is 0 Å². The Labute approximate surface area is 138 Å². The topological polar surface area (TPSA) is 0 Å². The van der Waals surface area contributed by atoms with E-state index in [1.54, 1.807) is 0 Å². The number of hydrogen-bond donors (Lipinski definition) is 0. The summed E-state index contributed by atoms with van der Waals surface area (Å²) in [7, 11) is 2.44. The maximum absolute atomic E-state index is 2.44. The minimum atomic E-state index is 0.186. The van der Waals surface area contributed by atoms with Crippen molar-refractivity contribution in [2.24, 2.45) is 0 Å². The van der Waals surface area contributed by atoms with Crippen molar-refractivity contribution in [2.45, 2.75) is 74.0 Å². The third-order valence-corrected chi connectivity index (χ3v) is 5.99. The maximum atomic E-state index is 2.44. The first-order valence-electron chi connectivity index (χ1n) is 8.36. The van der Waals surface area contributed by atoms with Crippen LogP contribution in [0.2, 0.25) is 5.31 Å². The molecule has 0 amide bonds. The first-order chi connectivity index (χ1) is 10.1. The van der Waals surface area contributed by atoms with Crippen molar-refractivity contribution in [3.8, 4) is 0 Å². The molecule has 1 aromatic heterocycles. The molecule has 0 aromatic carbocycles. The molecule has 0 nitrogen and oxygen atoms in total. The molecule has 0 fully saturated rings. The van der Waals surface area contributed by atoms with E-state index in [2.05, 4.69) is 76.5 Å². The van der Waals surface area contributed by atoms with E-state index in [1.165, 1.54) is 49.8 Å². The first-order valence-corrected chi connectivity index (χ1v) is 8.36. The van der Waals surface area contributed by atoms with E-state index in [9.17, 15) is 0 Å². The molecular formula is C20H29B2. The van der Waals surface area contributed by atoms with Crippen molar-refractivity contribution >= 4 is 14.2 Å². The van der Waals surface area contributed by atoms with Crippen molar-refractivity contribution in [3.05, 3.63) is 49.8 Å². The van der Waals surface area contributed by atoms with E-state index in [4.69, 9.17) is 0 Å². The molecule has 0 N–H and O–H groups in total. The summed E-state index contributed by atoms with van der Waals surface area (Å²) in [6.45, 7) is 22.9. The molecule has 0 bridgehead atoms. The Balaban J connectivity index is 2.49. The number of aryl methyl sites for hydroxylation is 1. The Morgan fingerprint density at radius 1 is 0.818 bits per heavy atom. The molecule has 1 radical (unpaired) electrons. The van der Waals surface area contributed by atoms with E-state index in [0.717, 1.165) is 6.42 Å². The Hall–Kier alpha value is -1.04. The van der Waals surface area contributed by atoms with Gasteiger partial charge in [0, 0.05) is 0 Å². The molecule has 1 aromatic rings. The number of allylic oxidation sites excluding steroid dienone is 4. The number of hydrogen-bond acceptors (Lipinski definition) is 0. The number of rotatable bonds is 2. The fourth-order valence-corrected chi connectivity index (χ4v) is 3.68. The van der Waals surface area contributed by atoms with E-state index < -0.39 is 0 Å². The third kappa shape index (κ3) is 2.90. The molecule has 0 aliphatic carbocycles. The zero-order valence-electron chi connectivity index (χ0n) is 15.9. The molecule has 0 saturated heterocycles. The van der Waals surface area contributed by atoms with Gasteiger partial charge in [-0.1, -0.05) is 0 Å². The normalized spacial score (nSPS) is 17.7. The van der Waals surface area contributed by atoms with Crippen LogP contribution in [-0.2, 0) is 6.42 Å². The van der Waals surface area contributed by atoms with Crippen LogP contribution in [0.1, 0.15) is 62.2 Å². The van der Waals surface area contributed by atoms with Gasteiger partial charge in [0.25, 0.3) is 0 Å². The molecule has 2 heterocycles. The van der Waals surface area contributed by atoms with Gasteiger partial charge in [0.15, 0.2) is 0 Å². The van der Waals surface area contributed by atoms with Crippen LogP contribution in [0.3, 0.4) is 0 Å². The Kier molecular flexibility index (Phi) is 4.62. The average Bonchev–Trinajstić information content (AvgIpc) is 2.44. The molecule has 2 heteroatoms. The van der Waals surface area contributed by atoms with Gasteiger partial charge in [-0.15, -0.1) is 0 Å². The van der Waals surface area contributed by atoms with Gasteiger partial charge in [-0.2, -0.15) is 0 Å². The van der Waals surface area contributed by atoms with E-state index in [1.807, 2.05) is 0 Å². The standard InChI is InChI=1S/C20H29B2/c1-11-12(2)16(6)21-19(13(11)3)10-18-14(4)15(5)20(8,9)22-17(18)7/h10H2,1-9H3. The van der Waals surface area contributed by atoms with E-state index in [-0.39, 0.29) is 5.31 Å². The van der Waals surface area contributed by atoms with Gasteiger partial charge in [-0.25, -0.2) is 0 Å². The minimum absolute atomic E-state index is 0.186. The molecule has 0 atom stereocenters. The van der Waals surface area contributed by atoms with Crippen LogP contribution in [0.5, 0.6) is 0 Å². The van der Waals surface area contributed by atoms with Crippen LogP contribution in [0.25, 0.3) is 0 Å². The molecule has 22 heavy (non-hydrogen) atoms. The van der Waals surface area contributed by atoms with Crippen LogP contribution < -0.4 is 0 Å². The average molecular weight is 291 g/mol. The quantitative estimate of drug-likeness (QED) is 0.646. The molecule has 1 aliphatic heterocycles. The Bertz CT molecular complexity index is 688. The molecule has 0 saturated carbocycles. The van der Waals surface area contributed by atoms with Crippen LogP contribution >= 0.6 is 0 Å².